The van der Waals surface area contributed by atoms with Crippen LogP contribution in [0.2, 0.25) is 0 Å². The van der Waals surface area contributed by atoms with Crippen molar-refractivity contribution in [2.75, 3.05) is 40.1 Å². The van der Waals surface area contributed by atoms with Crippen LogP contribution in [0.1, 0.15) is 12.8 Å². The van der Waals surface area contributed by atoms with Crippen molar-refractivity contribution in [1.82, 2.24) is 0 Å². The van der Waals surface area contributed by atoms with Crippen LogP contribution >= 0.6 is 0 Å². The van der Waals surface area contributed by atoms with Crippen LogP contribution in [-0.2, 0) is 19.0 Å². The maximum absolute atomic E-state index is 10.0. The number of carboxylic acid groups (broad SMARTS) is 1. The Morgan fingerprint density at radius 1 is 1.07 bits per heavy atom. The van der Waals surface area contributed by atoms with Crippen molar-refractivity contribution < 1.29 is 24.1 Å². The summed E-state index contributed by atoms with van der Waals surface area (Å²) in [7, 11) is 1.65. The quantitative estimate of drug-likeness (QED) is 0.528. The van der Waals surface area contributed by atoms with E-state index in [-0.39, 0.29) is 6.61 Å². The molecule has 0 aromatic rings. The Balaban J connectivity index is 2.88. The number of methoxy groups -OCH3 is 1. The van der Waals surface area contributed by atoms with E-state index in [1.54, 1.807) is 7.11 Å². The molecule has 0 heterocycles. The Bertz CT molecular complexity index is 137. The largest absolute Gasteiger partial charge is 0.480 e. The van der Waals surface area contributed by atoms with Gasteiger partial charge in [0.05, 0.1) is 0 Å². The van der Waals surface area contributed by atoms with Crippen molar-refractivity contribution in [1.29, 1.82) is 0 Å². The summed E-state index contributed by atoms with van der Waals surface area (Å²) in [5, 5.41) is 8.24. The first kappa shape index (κ1) is 13.4. The van der Waals surface area contributed by atoms with Gasteiger partial charge in [0.15, 0.2) is 0 Å². The molecular weight excluding hydrogens is 188 g/mol. The van der Waals surface area contributed by atoms with Crippen molar-refractivity contribution in [3.8, 4) is 0 Å². The van der Waals surface area contributed by atoms with Gasteiger partial charge in [-0.25, -0.2) is 4.79 Å². The maximum Gasteiger partial charge on any atom is 0.329 e. The number of carboxylic acids is 1. The van der Waals surface area contributed by atoms with E-state index in [9.17, 15) is 4.79 Å². The van der Waals surface area contributed by atoms with Gasteiger partial charge in [-0.2, -0.15) is 0 Å². The summed E-state index contributed by atoms with van der Waals surface area (Å²) in [6.45, 7) is 2.17. The second kappa shape index (κ2) is 10.4. The number of carbonyl (C=O) groups is 1. The van der Waals surface area contributed by atoms with Gasteiger partial charge in [-0.1, -0.05) is 0 Å². The van der Waals surface area contributed by atoms with Gasteiger partial charge in [-0.05, 0) is 12.8 Å². The second-order valence-electron chi connectivity index (χ2n) is 2.76. The molecule has 0 saturated carbocycles. The molecule has 0 aromatic heterocycles. The topological polar surface area (TPSA) is 65.0 Å². The molecule has 0 fully saturated rings. The molecule has 1 N–H and O–H groups in total. The molecule has 0 aliphatic heterocycles. The predicted molar refractivity (Wildman–Crippen MR) is 50.4 cm³/mol. The number of rotatable bonds is 10. The third-order valence-corrected chi connectivity index (χ3v) is 1.44. The monoisotopic (exact) mass is 206 g/mol. The van der Waals surface area contributed by atoms with E-state index < -0.39 is 5.97 Å². The highest BCUT2D eigenvalue weighted by Gasteiger charge is 1.95. The number of hydrogen-bond donors (Lipinski definition) is 1. The van der Waals surface area contributed by atoms with E-state index in [0.717, 1.165) is 12.8 Å². The highest BCUT2D eigenvalue weighted by atomic mass is 16.5. The molecule has 0 unspecified atom stereocenters. The van der Waals surface area contributed by atoms with Gasteiger partial charge in [0.2, 0.25) is 0 Å². The van der Waals surface area contributed by atoms with E-state index in [2.05, 4.69) is 0 Å². The summed E-state index contributed by atoms with van der Waals surface area (Å²) in [4.78, 5) is 10.0. The predicted octanol–water partition coefficient (Wildman–Crippen LogP) is 0.531. The van der Waals surface area contributed by atoms with E-state index in [1.807, 2.05) is 0 Å². The van der Waals surface area contributed by atoms with Crippen molar-refractivity contribution in [3.05, 3.63) is 0 Å². The van der Waals surface area contributed by atoms with Gasteiger partial charge in [0.1, 0.15) is 6.61 Å². The van der Waals surface area contributed by atoms with E-state index in [1.165, 1.54) is 0 Å². The number of hydrogen-bond acceptors (Lipinski definition) is 4. The van der Waals surface area contributed by atoms with E-state index in [4.69, 9.17) is 19.3 Å². The molecule has 0 aliphatic carbocycles. The van der Waals surface area contributed by atoms with Crippen LogP contribution in [0.25, 0.3) is 0 Å². The van der Waals surface area contributed by atoms with Gasteiger partial charge >= 0.3 is 5.97 Å². The Morgan fingerprint density at radius 2 is 1.64 bits per heavy atom. The molecule has 0 aliphatic rings. The first-order valence-electron chi connectivity index (χ1n) is 4.63. The zero-order valence-electron chi connectivity index (χ0n) is 8.53. The summed E-state index contributed by atoms with van der Waals surface area (Å²) < 4.78 is 14.9. The van der Waals surface area contributed by atoms with Crippen LogP contribution in [0, 0.1) is 0 Å². The minimum atomic E-state index is -0.939. The van der Waals surface area contributed by atoms with Gasteiger partial charge in [0, 0.05) is 33.5 Å². The first-order chi connectivity index (χ1) is 6.77. The summed E-state index contributed by atoms with van der Waals surface area (Å²) >= 11 is 0. The Morgan fingerprint density at radius 3 is 2.21 bits per heavy atom. The van der Waals surface area contributed by atoms with Gasteiger partial charge < -0.3 is 19.3 Å². The fourth-order valence-corrected chi connectivity index (χ4v) is 0.830. The summed E-state index contributed by atoms with van der Waals surface area (Å²) in [6, 6.07) is 0. The fourth-order valence-electron chi connectivity index (χ4n) is 0.830. The summed E-state index contributed by atoms with van der Waals surface area (Å²) in [5.41, 5.74) is 0. The maximum atomic E-state index is 10.0. The highest BCUT2D eigenvalue weighted by Crippen LogP contribution is 1.88. The number of ether oxygens (including phenoxy) is 3. The van der Waals surface area contributed by atoms with Crippen LogP contribution < -0.4 is 0 Å². The Labute approximate surface area is 84.0 Å². The third kappa shape index (κ3) is 11.4. The van der Waals surface area contributed by atoms with Crippen molar-refractivity contribution in [3.63, 3.8) is 0 Å². The molecule has 0 spiro atoms. The molecule has 0 aromatic carbocycles. The van der Waals surface area contributed by atoms with E-state index in [0.29, 0.717) is 26.4 Å². The zero-order valence-corrected chi connectivity index (χ0v) is 8.53. The van der Waals surface area contributed by atoms with Gasteiger partial charge in [-0.15, -0.1) is 0 Å². The van der Waals surface area contributed by atoms with Crippen LogP contribution in [0.4, 0.5) is 0 Å². The van der Waals surface area contributed by atoms with E-state index >= 15 is 0 Å². The minimum absolute atomic E-state index is 0.232. The van der Waals surface area contributed by atoms with Gasteiger partial charge in [-0.3, -0.25) is 0 Å². The summed E-state index contributed by atoms with van der Waals surface area (Å²) in [5.74, 6) is -0.939. The molecule has 5 nitrogen and oxygen atoms in total. The third-order valence-electron chi connectivity index (χ3n) is 1.44. The van der Waals surface area contributed by atoms with Gasteiger partial charge in [0.25, 0.3) is 0 Å². The Hall–Kier alpha value is -0.650. The first-order valence-corrected chi connectivity index (χ1v) is 4.63. The molecule has 5 heteroatoms. The average Bonchev–Trinajstić information content (AvgIpc) is 2.15. The molecule has 0 bridgehead atoms. The minimum Gasteiger partial charge on any atom is -0.480 e. The second-order valence-corrected chi connectivity index (χ2v) is 2.76. The lowest BCUT2D eigenvalue weighted by Crippen LogP contribution is -2.09. The molecule has 14 heavy (non-hydrogen) atoms. The lowest BCUT2D eigenvalue weighted by Gasteiger charge is -2.03. The van der Waals surface area contributed by atoms with Crippen molar-refractivity contribution >= 4 is 5.97 Å². The van der Waals surface area contributed by atoms with Crippen molar-refractivity contribution in [2.45, 2.75) is 12.8 Å². The van der Waals surface area contributed by atoms with Crippen molar-refractivity contribution in [2.24, 2.45) is 0 Å². The van der Waals surface area contributed by atoms with Crippen LogP contribution in [-0.4, -0.2) is 51.2 Å². The molecule has 0 atom stereocenters. The summed E-state index contributed by atoms with van der Waals surface area (Å²) in [6.07, 6.45) is 1.60. The SMILES string of the molecule is COCCCOCCCOCC(=O)O. The number of aliphatic carboxylic acids is 1. The van der Waals surface area contributed by atoms with Crippen LogP contribution in [0.15, 0.2) is 0 Å². The normalized spacial score (nSPS) is 10.4. The average molecular weight is 206 g/mol. The van der Waals surface area contributed by atoms with Crippen LogP contribution in [0.5, 0.6) is 0 Å². The molecule has 0 radical (unpaired) electrons. The molecule has 0 rings (SSSR count). The molecular formula is C9H18O5. The lowest BCUT2D eigenvalue weighted by atomic mass is 10.4. The zero-order chi connectivity index (χ0) is 10.6. The standard InChI is InChI=1S/C9H18O5/c1-12-4-2-5-13-6-3-7-14-8-9(10)11/h2-8H2,1H3,(H,10,11). The van der Waals surface area contributed by atoms with Crippen LogP contribution in [0.3, 0.4) is 0 Å². The fraction of sp³-hybridized carbons (Fsp3) is 0.889. The molecule has 84 valence electrons. The molecule has 0 saturated heterocycles. The smallest absolute Gasteiger partial charge is 0.329 e. The molecule has 0 amide bonds. The Kier molecular flexibility index (Phi) is 9.95. The highest BCUT2D eigenvalue weighted by molar-refractivity contribution is 5.67. The lowest BCUT2D eigenvalue weighted by molar-refractivity contribution is -0.142.